The maximum absolute atomic E-state index is 11.9. The average molecular weight is 275 g/mol. The van der Waals surface area contributed by atoms with Crippen LogP contribution >= 0.6 is 0 Å². The Kier molecular flexibility index (Phi) is 4.41. The van der Waals surface area contributed by atoms with Gasteiger partial charge in [0.15, 0.2) is 0 Å². The number of aliphatic hydroxyl groups is 1. The lowest BCUT2D eigenvalue weighted by Gasteiger charge is -2.15. The molecule has 0 saturated heterocycles. The van der Waals surface area contributed by atoms with Crippen molar-refractivity contribution in [1.29, 1.82) is 0 Å². The molecule has 0 saturated carbocycles. The van der Waals surface area contributed by atoms with E-state index in [-0.39, 0.29) is 18.4 Å². The maximum Gasteiger partial charge on any atom is 0.251 e. The first-order valence-electron chi connectivity index (χ1n) is 6.37. The fourth-order valence-electron chi connectivity index (χ4n) is 1.58. The van der Waals surface area contributed by atoms with Crippen molar-refractivity contribution in [2.45, 2.75) is 20.0 Å². The molecule has 20 heavy (non-hydrogen) atoms. The van der Waals surface area contributed by atoms with Crippen LogP contribution in [0.5, 0.6) is 0 Å². The van der Waals surface area contributed by atoms with Crippen LogP contribution in [-0.4, -0.2) is 43.9 Å². The summed E-state index contributed by atoms with van der Waals surface area (Å²) in [7, 11) is 0. The van der Waals surface area contributed by atoms with Gasteiger partial charge in [-0.3, -0.25) is 4.79 Å². The Morgan fingerprint density at radius 2 is 2.05 bits per heavy atom. The minimum atomic E-state index is -0.542. The highest BCUT2D eigenvalue weighted by Crippen LogP contribution is 2.08. The Bertz CT molecular complexity index is 551. The highest BCUT2D eigenvalue weighted by Gasteiger charge is 2.12. The molecular weight excluding hydrogens is 258 g/mol. The van der Waals surface area contributed by atoms with Gasteiger partial charge in [0.25, 0.3) is 5.91 Å². The first-order chi connectivity index (χ1) is 9.58. The molecule has 7 nitrogen and oxygen atoms in total. The molecule has 0 spiro atoms. The molecule has 2 N–H and O–H groups in total. The van der Waals surface area contributed by atoms with Crippen LogP contribution in [-0.2, 0) is 0 Å². The summed E-state index contributed by atoms with van der Waals surface area (Å²) in [6, 6.07) is 6.89. The Morgan fingerprint density at radius 3 is 2.60 bits per heavy atom. The van der Waals surface area contributed by atoms with E-state index in [9.17, 15) is 9.90 Å². The standard InChI is InChI=1S/C13H17N5O2/c1-9(2)12(19)7-14-13(20)10-3-5-11(6-4-10)18-8-15-16-17-18/h3-6,8-9,12,19H,7H2,1-2H3,(H,14,20). The first kappa shape index (κ1) is 14.1. The summed E-state index contributed by atoms with van der Waals surface area (Å²) in [4.78, 5) is 11.9. The molecule has 1 atom stereocenters. The molecular formula is C13H17N5O2. The lowest BCUT2D eigenvalue weighted by atomic mass is 10.1. The molecule has 0 fully saturated rings. The van der Waals surface area contributed by atoms with E-state index in [2.05, 4.69) is 20.8 Å². The van der Waals surface area contributed by atoms with Gasteiger partial charge in [0, 0.05) is 12.1 Å². The smallest absolute Gasteiger partial charge is 0.251 e. The number of aromatic nitrogens is 4. The summed E-state index contributed by atoms with van der Waals surface area (Å²) in [6.07, 6.45) is 0.938. The number of amides is 1. The monoisotopic (exact) mass is 275 g/mol. The van der Waals surface area contributed by atoms with Crippen molar-refractivity contribution in [3.63, 3.8) is 0 Å². The normalized spacial score (nSPS) is 12.4. The quantitative estimate of drug-likeness (QED) is 0.824. The van der Waals surface area contributed by atoms with Crippen LogP contribution < -0.4 is 5.32 Å². The second-order valence-electron chi connectivity index (χ2n) is 4.82. The molecule has 2 aromatic rings. The number of hydrogen-bond donors (Lipinski definition) is 2. The average Bonchev–Trinajstić information content (AvgIpc) is 2.98. The summed E-state index contributed by atoms with van der Waals surface area (Å²) in [5.41, 5.74) is 1.30. The number of nitrogens with zero attached hydrogens (tertiary/aromatic N) is 4. The Hall–Kier alpha value is -2.28. The molecule has 1 aromatic heterocycles. The van der Waals surface area contributed by atoms with Gasteiger partial charge in [-0.05, 0) is 40.6 Å². The lowest BCUT2D eigenvalue weighted by molar-refractivity contribution is 0.0871. The van der Waals surface area contributed by atoms with Gasteiger partial charge in [-0.2, -0.15) is 0 Å². The van der Waals surface area contributed by atoms with Crippen molar-refractivity contribution < 1.29 is 9.90 Å². The molecule has 0 aliphatic carbocycles. The highest BCUT2D eigenvalue weighted by molar-refractivity contribution is 5.94. The van der Waals surface area contributed by atoms with E-state index in [1.807, 2.05) is 13.8 Å². The molecule has 2 rings (SSSR count). The van der Waals surface area contributed by atoms with Crippen LogP contribution in [0, 0.1) is 5.92 Å². The number of nitrogens with one attached hydrogen (secondary N) is 1. The molecule has 0 bridgehead atoms. The number of tetrazole rings is 1. The van der Waals surface area contributed by atoms with Gasteiger partial charge < -0.3 is 10.4 Å². The third-order valence-corrected chi connectivity index (χ3v) is 2.98. The van der Waals surface area contributed by atoms with Gasteiger partial charge in [0.05, 0.1) is 11.8 Å². The summed E-state index contributed by atoms with van der Waals surface area (Å²) in [5, 5.41) is 23.2. The Balaban J connectivity index is 1.98. The van der Waals surface area contributed by atoms with Crippen LogP contribution in [0.2, 0.25) is 0 Å². The first-order valence-corrected chi connectivity index (χ1v) is 6.37. The molecule has 0 aliphatic rings. The summed E-state index contributed by atoms with van der Waals surface area (Å²) in [6.45, 7) is 4.04. The molecule has 0 radical (unpaired) electrons. The van der Waals surface area contributed by atoms with Crippen LogP contribution in [0.3, 0.4) is 0 Å². The maximum atomic E-state index is 11.9. The zero-order valence-corrected chi connectivity index (χ0v) is 11.4. The second kappa shape index (κ2) is 6.25. The van der Waals surface area contributed by atoms with Gasteiger partial charge in [-0.15, -0.1) is 5.10 Å². The number of carbonyl (C=O) groups excluding carboxylic acids is 1. The van der Waals surface area contributed by atoms with Crippen molar-refractivity contribution in [1.82, 2.24) is 25.5 Å². The largest absolute Gasteiger partial charge is 0.391 e. The fourth-order valence-corrected chi connectivity index (χ4v) is 1.58. The summed E-state index contributed by atoms with van der Waals surface area (Å²) >= 11 is 0. The number of hydrogen-bond acceptors (Lipinski definition) is 5. The predicted molar refractivity (Wildman–Crippen MR) is 72.3 cm³/mol. The topological polar surface area (TPSA) is 92.9 Å². The molecule has 1 amide bonds. The van der Waals surface area contributed by atoms with Crippen molar-refractivity contribution in [3.8, 4) is 5.69 Å². The van der Waals surface area contributed by atoms with Crippen LogP contribution in [0.15, 0.2) is 30.6 Å². The van der Waals surface area contributed by atoms with Crippen LogP contribution in [0.25, 0.3) is 5.69 Å². The van der Waals surface area contributed by atoms with E-state index in [0.717, 1.165) is 5.69 Å². The van der Waals surface area contributed by atoms with Crippen molar-refractivity contribution in [2.24, 2.45) is 5.92 Å². The fraction of sp³-hybridized carbons (Fsp3) is 0.385. The molecule has 106 valence electrons. The van der Waals surface area contributed by atoms with Gasteiger partial charge >= 0.3 is 0 Å². The highest BCUT2D eigenvalue weighted by atomic mass is 16.3. The third kappa shape index (κ3) is 3.39. The van der Waals surface area contributed by atoms with E-state index in [4.69, 9.17) is 0 Å². The molecule has 7 heteroatoms. The van der Waals surface area contributed by atoms with Crippen molar-refractivity contribution >= 4 is 5.91 Å². The van der Waals surface area contributed by atoms with Gasteiger partial charge in [0.2, 0.25) is 0 Å². The Morgan fingerprint density at radius 1 is 1.35 bits per heavy atom. The SMILES string of the molecule is CC(C)C(O)CNC(=O)c1ccc(-n2cnnn2)cc1. The molecule has 1 heterocycles. The van der Waals surface area contributed by atoms with E-state index >= 15 is 0 Å². The van der Waals surface area contributed by atoms with Crippen molar-refractivity contribution in [2.75, 3.05) is 6.54 Å². The summed E-state index contributed by atoms with van der Waals surface area (Å²) in [5.74, 6) is -0.106. The minimum absolute atomic E-state index is 0.109. The second-order valence-corrected chi connectivity index (χ2v) is 4.82. The molecule has 1 unspecified atom stereocenters. The predicted octanol–water partition coefficient (Wildman–Crippen LogP) is 0.409. The minimum Gasteiger partial charge on any atom is -0.391 e. The van der Waals surface area contributed by atoms with E-state index in [0.29, 0.717) is 5.56 Å². The van der Waals surface area contributed by atoms with Gasteiger partial charge in [0.1, 0.15) is 6.33 Å². The zero-order chi connectivity index (χ0) is 14.5. The van der Waals surface area contributed by atoms with Crippen molar-refractivity contribution in [3.05, 3.63) is 36.2 Å². The number of benzene rings is 1. The summed E-state index contributed by atoms with van der Waals surface area (Å²) < 4.78 is 1.50. The van der Waals surface area contributed by atoms with E-state index in [1.54, 1.807) is 24.3 Å². The van der Waals surface area contributed by atoms with E-state index < -0.39 is 6.10 Å². The van der Waals surface area contributed by atoms with E-state index in [1.165, 1.54) is 11.0 Å². The lowest BCUT2D eigenvalue weighted by Crippen LogP contribution is -2.34. The number of carbonyl (C=O) groups is 1. The van der Waals surface area contributed by atoms with Gasteiger partial charge in [-0.25, -0.2) is 4.68 Å². The van der Waals surface area contributed by atoms with Gasteiger partial charge in [-0.1, -0.05) is 13.8 Å². The van der Waals surface area contributed by atoms with Crippen LogP contribution in [0.1, 0.15) is 24.2 Å². The zero-order valence-electron chi connectivity index (χ0n) is 11.4. The number of rotatable bonds is 5. The number of aliphatic hydroxyl groups excluding tert-OH is 1. The van der Waals surface area contributed by atoms with Crippen LogP contribution in [0.4, 0.5) is 0 Å². The Labute approximate surface area is 116 Å². The third-order valence-electron chi connectivity index (χ3n) is 2.98. The molecule has 1 aromatic carbocycles. The molecule has 0 aliphatic heterocycles.